The molecule has 0 spiro atoms. The number of fused-ring (bicyclic) bond motifs is 1. The molecule has 0 aromatic rings. The Kier molecular flexibility index (Phi) is 3.99. The summed E-state index contributed by atoms with van der Waals surface area (Å²) in [5.41, 5.74) is 0.0372. The summed E-state index contributed by atoms with van der Waals surface area (Å²) in [5, 5.41) is 13.7. The minimum Gasteiger partial charge on any atom is -0.394 e. The van der Waals surface area contributed by atoms with Crippen molar-refractivity contribution < 1.29 is 5.11 Å². The van der Waals surface area contributed by atoms with Crippen LogP contribution in [0.1, 0.15) is 51.4 Å². The normalized spacial score (nSPS) is 42.1. The van der Waals surface area contributed by atoms with Gasteiger partial charge in [-0.25, -0.2) is 0 Å². The zero-order valence-electron chi connectivity index (χ0n) is 13.3. The Hall–Kier alpha value is -0.160. The van der Waals surface area contributed by atoms with Gasteiger partial charge in [-0.15, -0.1) is 0 Å². The molecular formula is C17H31N3O. The highest BCUT2D eigenvalue weighted by Gasteiger charge is 2.44. The third kappa shape index (κ3) is 3.00. The monoisotopic (exact) mass is 293 g/mol. The van der Waals surface area contributed by atoms with Crippen LogP contribution in [-0.4, -0.2) is 71.4 Å². The van der Waals surface area contributed by atoms with Crippen molar-refractivity contribution in [2.75, 3.05) is 32.8 Å². The summed E-state index contributed by atoms with van der Waals surface area (Å²) in [4.78, 5) is 5.47. The largest absolute Gasteiger partial charge is 0.394 e. The lowest BCUT2D eigenvalue weighted by Crippen LogP contribution is -2.57. The van der Waals surface area contributed by atoms with Crippen LogP contribution < -0.4 is 5.32 Å². The number of nitrogens with one attached hydrogen (secondary N) is 1. The number of hydrogen-bond acceptors (Lipinski definition) is 4. The Bertz CT molecular complexity index is 373. The third-order valence-electron chi connectivity index (χ3n) is 6.36. The van der Waals surface area contributed by atoms with Crippen LogP contribution in [0.5, 0.6) is 0 Å². The molecule has 21 heavy (non-hydrogen) atoms. The van der Waals surface area contributed by atoms with Crippen molar-refractivity contribution >= 4 is 0 Å². The van der Waals surface area contributed by atoms with Gasteiger partial charge in [0.2, 0.25) is 0 Å². The molecular weight excluding hydrogens is 262 g/mol. The predicted molar refractivity (Wildman–Crippen MR) is 84.4 cm³/mol. The summed E-state index contributed by atoms with van der Waals surface area (Å²) >= 11 is 0. The number of rotatable bonds is 4. The first-order valence-electron chi connectivity index (χ1n) is 9.15. The molecule has 4 rings (SSSR count). The molecule has 4 aliphatic rings. The fourth-order valence-electron chi connectivity index (χ4n) is 4.90. The van der Waals surface area contributed by atoms with E-state index in [0.29, 0.717) is 18.7 Å². The zero-order chi connectivity index (χ0) is 14.3. The van der Waals surface area contributed by atoms with E-state index in [4.69, 9.17) is 0 Å². The van der Waals surface area contributed by atoms with Crippen molar-refractivity contribution in [2.45, 2.75) is 75.0 Å². The molecule has 2 saturated carbocycles. The van der Waals surface area contributed by atoms with Crippen LogP contribution in [0.3, 0.4) is 0 Å². The molecule has 3 unspecified atom stereocenters. The van der Waals surface area contributed by atoms with Crippen molar-refractivity contribution in [3.05, 3.63) is 0 Å². The van der Waals surface area contributed by atoms with Gasteiger partial charge in [-0.05, 0) is 51.5 Å². The van der Waals surface area contributed by atoms with Crippen molar-refractivity contribution in [2.24, 2.45) is 0 Å². The highest BCUT2D eigenvalue weighted by Crippen LogP contribution is 2.37. The van der Waals surface area contributed by atoms with E-state index >= 15 is 0 Å². The predicted octanol–water partition coefficient (Wildman–Crippen LogP) is 1.19. The summed E-state index contributed by atoms with van der Waals surface area (Å²) in [7, 11) is 0. The summed E-state index contributed by atoms with van der Waals surface area (Å²) in [5.74, 6) is 0. The lowest BCUT2D eigenvalue weighted by molar-refractivity contribution is 0.0254. The van der Waals surface area contributed by atoms with E-state index in [2.05, 4.69) is 15.1 Å². The van der Waals surface area contributed by atoms with Crippen molar-refractivity contribution in [1.29, 1.82) is 0 Å². The molecule has 120 valence electrons. The summed E-state index contributed by atoms with van der Waals surface area (Å²) < 4.78 is 0. The van der Waals surface area contributed by atoms with E-state index < -0.39 is 0 Å². The molecule has 0 aromatic heterocycles. The second kappa shape index (κ2) is 5.80. The molecule has 2 aliphatic heterocycles. The highest BCUT2D eigenvalue weighted by molar-refractivity contribution is 5.04. The van der Waals surface area contributed by atoms with Crippen molar-refractivity contribution in [3.63, 3.8) is 0 Å². The molecule has 0 amide bonds. The van der Waals surface area contributed by atoms with Crippen LogP contribution in [0.25, 0.3) is 0 Å². The lowest BCUT2D eigenvalue weighted by Gasteiger charge is -2.46. The summed E-state index contributed by atoms with van der Waals surface area (Å²) in [6, 6.07) is 2.21. The van der Waals surface area contributed by atoms with Crippen molar-refractivity contribution in [1.82, 2.24) is 15.1 Å². The van der Waals surface area contributed by atoms with Gasteiger partial charge in [0, 0.05) is 43.3 Å². The van der Waals surface area contributed by atoms with Crippen LogP contribution in [0.15, 0.2) is 0 Å². The zero-order valence-corrected chi connectivity index (χ0v) is 13.3. The second-order valence-electron chi connectivity index (χ2n) is 7.93. The molecule has 3 atom stereocenters. The first-order chi connectivity index (χ1) is 10.3. The molecule has 0 bridgehead atoms. The Morgan fingerprint density at radius 2 is 1.81 bits per heavy atom. The van der Waals surface area contributed by atoms with E-state index in [9.17, 15) is 5.11 Å². The third-order valence-corrected chi connectivity index (χ3v) is 6.36. The number of piperidine rings is 1. The highest BCUT2D eigenvalue weighted by atomic mass is 16.3. The molecule has 2 aliphatic carbocycles. The maximum atomic E-state index is 9.91. The van der Waals surface area contributed by atoms with Crippen LogP contribution in [0, 0.1) is 0 Å². The topological polar surface area (TPSA) is 38.7 Å². The summed E-state index contributed by atoms with van der Waals surface area (Å²) in [6.07, 6.45) is 10.4. The summed E-state index contributed by atoms with van der Waals surface area (Å²) in [6.45, 7) is 5.43. The van der Waals surface area contributed by atoms with Gasteiger partial charge in [0.05, 0.1) is 6.61 Å². The standard InChI is InChI=1S/C17H31N3O/c21-13-17(18-14-4-5-14)7-6-15(11-17)20-10-9-19-8-2-1-3-16(19)12-20/h14-16,18,21H,1-13H2. The molecule has 0 radical (unpaired) electrons. The SMILES string of the molecule is OCC1(NC2CC2)CCC(N2CCN3CCCCC3C2)C1. The van der Waals surface area contributed by atoms with Gasteiger partial charge in [-0.2, -0.15) is 0 Å². The van der Waals surface area contributed by atoms with E-state index in [1.807, 2.05) is 0 Å². The van der Waals surface area contributed by atoms with Crippen molar-refractivity contribution in [3.8, 4) is 0 Å². The smallest absolute Gasteiger partial charge is 0.0614 e. The van der Waals surface area contributed by atoms with Gasteiger partial charge < -0.3 is 10.4 Å². The number of nitrogens with zero attached hydrogens (tertiary/aromatic N) is 2. The Morgan fingerprint density at radius 1 is 0.952 bits per heavy atom. The first kappa shape index (κ1) is 14.4. The average Bonchev–Trinajstić information content (AvgIpc) is 3.24. The van der Waals surface area contributed by atoms with Crippen LogP contribution in [-0.2, 0) is 0 Å². The molecule has 0 aromatic carbocycles. The minimum atomic E-state index is 0.0372. The Balaban J connectivity index is 1.36. The van der Waals surface area contributed by atoms with Crippen LogP contribution in [0.4, 0.5) is 0 Å². The Labute approximate surface area is 128 Å². The number of aliphatic hydroxyl groups excluding tert-OH is 1. The quantitative estimate of drug-likeness (QED) is 0.817. The number of aliphatic hydroxyl groups is 1. The van der Waals surface area contributed by atoms with E-state index in [1.54, 1.807) is 0 Å². The second-order valence-corrected chi connectivity index (χ2v) is 7.93. The minimum absolute atomic E-state index is 0.0372. The molecule has 2 heterocycles. The fraction of sp³-hybridized carbons (Fsp3) is 1.00. The molecule has 2 saturated heterocycles. The number of hydrogen-bond donors (Lipinski definition) is 2. The van der Waals surface area contributed by atoms with Gasteiger partial charge in [-0.1, -0.05) is 6.42 Å². The van der Waals surface area contributed by atoms with Gasteiger partial charge in [0.25, 0.3) is 0 Å². The molecule has 4 heteroatoms. The fourth-order valence-corrected chi connectivity index (χ4v) is 4.90. The Morgan fingerprint density at radius 3 is 2.62 bits per heavy atom. The first-order valence-corrected chi connectivity index (χ1v) is 9.15. The maximum Gasteiger partial charge on any atom is 0.0614 e. The molecule has 4 fully saturated rings. The molecule has 4 nitrogen and oxygen atoms in total. The van der Waals surface area contributed by atoms with Gasteiger partial charge in [0.1, 0.15) is 0 Å². The average molecular weight is 293 g/mol. The molecule has 2 N–H and O–H groups in total. The van der Waals surface area contributed by atoms with Gasteiger partial charge in [0.15, 0.2) is 0 Å². The van der Waals surface area contributed by atoms with Crippen LogP contribution >= 0.6 is 0 Å². The van der Waals surface area contributed by atoms with Gasteiger partial charge >= 0.3 is 0 Å². The van der Waals surface area contributed by atoms with Crippen LogP contribution in [0.2, 0.25) is 0 Å². The van der Waals surface area contributed by atoms with E-state index in [0.717, 1.165) is 18.9 Å². The van der Waals surface area contributed by atoms with E-state index in [1.165, 1.54) is 64.7 Å². The number of piperazine rings is 1. The lowest BCUT2D eigenvalue weighted by atomic mass is 9.96. The van der Waals surface area contributed by atoms with E-state index in [-0.39, 0.29) is 5.54 Å². The van der Waals surface area contributed by atoms with Gasteiger partial charge in [-0.3, -0.25) is 9.80 Å². The maximum absolute atomic E-state index is 9.91.